The van der Waals surface area contributed by atoms with Crippen molar-refractivity contribution >= 4 is 16.7 Å². The third-order valence-electron chi connectivity index (χ3n) is 5.96. The first-order valence-corrected chi connectivity index (χ1v) is 10.6. The maximum Gasteiger partial charge on any atom is 0.279 e. The molecule has 1 saturated heterocycles. The van der Waals surface area contributed by atoms with E-state index in [1.54, 1.807) is 6.07 Å². The predicted molar refractivity (Wildman–Crippen MR) is 122 cm³/mol. The van der Waals surface area contributed by atoms with Crippen LogP contribution in [0.5, 0.6) is 0 Å². The average molecular weight is 409 g/mol. The molecule has 0 saturated carbocycles. The van der Waals surface area contributed by atoms with Crippen molar-refractivity contribution in [2.24, 2.45) is 0 Å². The van der Waals surface area contributed by atoms with E-state index in [0.29, 0.717) is 28.7 Å². The van der Waals surface area contributed by atoms with Crippen molar-refractivity contribution < 1.29 is 4.79 Å². The van der Waals surface area contributed by atoms with Crippen LogP contribution in [0.3, 0.4) is 0 Å². The van der Waals surface area contributed by atoms with Crippen molar-refractivity contribution in [3.05, 3.63) is 107 Å². The zero-order valence-electron chi connectivity index (χ0n) is 17.1. The third kappa shape index (κ3) is 3.63. The van der Waals surface area contributed by atoms with Gasteiger partial charge >= 0.3 is 0 Å². The highest BCUT2D eigenvalue weighted by Crippen LogP contribution is 2.25. The molecule has 3 aromatic carbocycles. The number of likely N-dealkylation sites (tertiary alicyclic amines) is 1. The van der Waals surface area contributed by atoms with Gasteiger partial charge in [-0.1, -0.05) is 66.7 Å². The number of fused-ring (bicyclic) bond motifs is 1. The van der Waals surface area contributed by atoms with Crippen LogP contribution in [0.2, 0.25) is 0 Å². The molecule has 4 aromatic rings. The van der Waals surface area contributed by atoms with Gasteiger partial charge in [-0.05, 0) is 43.0 Å². The van der Waals surface area contributed by atoms with Crippen molar-refractivity contribution in [1.82, 2.24) is 14.7 Å². The molecule has 1 aromatic heterocycles. The van der Waals surface area contributed by atoms with Crippen LogP contribution in [0.15, 0.2) is 89.7 Å². The summed E-state index contributed by atoms with van der Waals surface area (Å²) < 4.78 is 1.35. The van der Waals surface area contributed by atoms with Gasteiger partial charge in [0.25, 0.3) is 11.5 Å². The predicted octanol–water partition coefficient (Wildman–Crippen LogP) is 4.23. The van der Waals surface area contributed by atoms with E-state index < -0.39 is 0 Å². The minimum atomic E-state index is -0.222. The molecule has 5 rings (SSSR count). The summed E-state index contributed by atoms with van der Waals surface area (Å²) in [5.41, 5.74) is 1.98. The first-order chi connectivity index (χ1) is 15.2. The van der Waals surface area contributed by atoms with Gasteiger partial charge in [0.1, 0.15) is 0 Å². The fourth-order valence-corrected chi connectivity index (χ4v) is 4.43. The Kier molecular flexibility index (Phi) is 5.08. The molecule has 1 amide bonds. The van der Waals surface area contributed by atoms with Crippen LogP contribution in [-0.4, -0.2) is 33.2 Å². The van der Waals surface area contributed by atoms with Gasteiger partial charge in [-0.25, -0.2) is 0 Å². The van der Waals surface area contributed by atoms with Crippen molar-refractivity contribution in [3.63, 3.8) is 0 Å². The summed E-state index contributed by atoms with van der Waals surface area (Å²) >= 11 is 0. The molecule has 31 heavy (non-hydrogen) atoms. The highest BCUT2D eigenvalue weighted by Gasteiger charge is 2.32. The van der Waals surface area contributed by atoms with Gasteiger partial charge in [0.2, 0.25) is 0 Å². The average Bonchev–Trinajstić information content (AvgIpc) is 3.28. The lowest BCUT2D eigenvalue weighted by atomic mass is 10.0. The second-order valence-corrected chi connectivity index (χ2v) is 7.93. The molecule has 5 nitrogen and oxygen atoms in total. The SMILES string of the molecule is O=C(c1nn(-c2ccccc2)c(=O)c2ccccc12)N1CCC[C@@H]1Cc1ccccc1. The Hall–Kier alpha value is -3.73. The lowest BCUT2D eigenvalue weighted by Gasteiger charge is -2.25. The minimum absolute atomic E-state index is 0.112. The standard InChI is InChI=1S/C26H23N3O2/c30-25-23-16-8-7-15-22(23)24(27-29(25)20-12-5-2-6-13-20)26(31)28-17-9-14-21(28)18-19-10-3-1-4-11-19/h1-8,10-13,15-16,21H,9,14,17-18H2/t21-/m1/s1. The molecule has 1 aliphatic rings. The van der Waals surface area contributed by atoms with Gasteiger partial charge in [-0.2, -0.15) is 9.78 Å². The van der Waals surface area contributed by atoms with Gasteiger partial charge in [0.05, 0.1) is 11.1 Å². The number of amides is 1. The Labute approximate surface area is 180 Å². The lowest BCUT2D eigenvalue weighted by molar-refractivity contribution is 0.0731. The van der Waals surface area contributed by atoms with E-state index in [-0.39, 0.29) is 17.5 Å². The molecule has 0 bridgehead atoms. The normalized spacial score (nSPS) is 16.0. The first-order valence-electron chi connectivity index (χ1n) is 10.6. The summed E-state index contributed by atoms with van der Waals surface area (Å²) in [6, 6.07) is 26.9. The fraction of sp³-hybridized carbons (Fsp3) is 0.192. The Morgan fingerprint density at radius 1 is 0.871 bits per heavy atom. The second kappa shape index (κ2) is 8.19. The van der Waals surface area contributed by atoms with Crippen LogP contribution in [0.25, 0.3) is 16.5 Å². The number of aromatic nitrogens is 2. The van der Waals surface area contributed by atoms with Crippen molar-refractivity contribution in [2.75, 3.05) is 6.54 Å². The number of hydrogen-bond acceptors (Lipinski definition) is 3. The second-order valence-electron chi connectivity index (χ2n) is 7.93. The molecule has 0 aliphatic carbocycles. The van der Waals surface area contributed by atoms with Crippen LogP contribution < -0.4 is 5.56 Å². The van der Waals surface area contributed by atoms with E-state index in [2.05, 4.69) is 17.2 Å². The molecule has 0 N–H and O–H groups in total. The Bertz CT molecular complexity index is 1280. The van der Waals surface area contributed by atoms with E-state index >= 15 is 0 Å². The van der Waals surface area contributed by atoms with Crippen LogP contribution in [-0.2, 0) is 6.42 Å². The lowest BCUT2D eigenvalue weighted by Crippen LogP contribution is -2.38. The summed E-state index contributed by atoms with van der Waals surface area (Å²) in [6.07, 6.45) is 2.76. The monoisotopic (exact) mass is 409 g/mol. The number of rotatable bonds is 4. The zero-order valence-corrected chi connectivity index (χ0v) is 17.1. The molecule has 154 valence electrons. The summed E-state index contributed by atoms with van der Waals surface area (Å²) in [5.74, 6) is -0.112. The summed E-state index contributed by atoms with van der Waals surface area (Å²) in [6.45, 7) is 0.705. The maximum atomic E-state index is 13.7. The van der Waals surface area contributed by atoms with Gasteiger partial charge in [-0.3, -0.25) is 9.59 Å². The number of nitrogens with zero attached hydrogens (tertiary/aromatic N) is 3. The molecule has 5 heteroatoms. The van der Waals surface area contributed by atoms with E-state index in [9.17, 15) is 9.59 Å². The van der Waals surface area contributed by atoms with Gasteiger partial charge in [-0.15, -0.1) is 0 Å². The third-order valence-corrected chi connectivity index (χ3v) is 5.96. The number of para-hydroxylation sites is 1. The Morgan fingerprint density at radius 2 is 1.52 bits per heavy atom. The van der Waals surface area contributed by atoms with E-state index in [0.717, 1.165) is 19.3 Å². The molecule has 1 atom stereocenters. The highest BCUT2D eigenvalue weighted by molar-refractivity contribution is 6.05. The van der Waals surface area contributed by atoms with Crippen LogP contribution in [0, 0.1) is 0 Å². The minimum Gasteiger partial charge on any atom is -0.334 e. The Balaban J connectivity index is 1.58. The molecule has 1 aliphatic heterocycles. The van der Waals surface area contributed by atoms with Crippen molar-refractivity contribution in [1.29, 1.82) is 0 Å². The van der Waals surface area contributed by atoms with Gasteiger partial charge in [0.15, 0.2) is 5.69 Å². The van der Waals surface area contributed by atoms with Gasteiger partial charge < -0.3 is 4.90 Å². The van der Waals surface area contributed by atoms with E-state index in [1.807, 2.05) is 71.6 Å². The van der Waals surface area contributed by atoms with Crippen LogP contribution in [0.4, 0.5) is 0 Å². The number of hydrogen-bond donors (Lipinski definition) is 0. The van der Waals surface area contributed by atoms with E-state index in [4.69, 9.17) is 0 Å². The zero-order chi connectivity index (χ0) is 21.2. The van der Waals surface area contributed by atoms with Crippen LogP contribution >= 0.6 is 0 Å². The van der Waals surface area contributed by atoms with Crippen molar-refractivity contribution in [3.8, 4) is 5.69 Å². The van der Waals surface area contributed by atoms with E-state index in [1.165, 1.54) is 10.2 Å². The summed E-state index contributed by atoms with van der Waals surface area (Å²) in [4.78, 5) is 28.7. The molecule has 2 heterocycles. The number of carbonyl (C=O) groups is 1. The van der Waals surface area contributed by atoms with Gasteiger partial charge in [0, 0.05) is 18.0 Å². The largest absolute Gasteiger partial charge is 0.334 e. The van der Waals surface area contributed by atoms with Crippen LogP contribution in [0.1, 0.15) is 28.9 Å². The first kappa shape index (κ1) is 19.2. The topological polar surface area (TPSA) is 55.2 Å². The smallest absolute Gasteiger partial charge is 0.279 e. The maximum absolute atomic E-state index is 13.7. The molecule has 0 radical (unpaired) electrons. The molecule has 0 spiro atoms. The quantitative estimate of drug-likeness (QED) is 0.507. The molecule has 1 fully saturated rings. The Morgan fingerprint density at radius 3 is 2.26 bits per heavy atom. The fourth-order valence-electron chi connectivity index (χ4n) is 4.43. The number of carbonyl (C=O) groups excluding carboxylic acids is 1. The number of benzene rings is 3. The molecular formula is C26H23N3O2. The highest BCUT2D eigenvalue weighted by atomic mass is 16.2. The van der Waals surface area contributed by atoms with Crippen molar-refractivity contribution in [2.45, 2.75) is 25.3 Å². The molecule has 0 unspecified atom stereocenters. The molecular weight excluding hydrogens is 386 g/mol. The summed E-state index contributed by atoms with van der Waals surface area (Å²) in [7, 11) is 0. The summed E-state index contributed by atoms with van der Waals surface area (Å²) in [5, 5.41) is 5.68.